The highest BCUT2D eigenvalue weighted by atomic mass is 16.1. The molecule has 0 unspecified atom stereocenters. The molecule has 0 saturated carbocycles. The summed E-state index contributed by atoms with van der Waals surface area (Å²) in [6, 6.07) is 3.50. The Morgan fingerprint density at radius 2 is 1.86 bits per heavy atom. The summed E-state index contributed by atoms with van der Waals surface area (Å²) in [5.74, 6) is 1.05. The van der Waals surface area contributed by atoms with Gasteiger partial charge in [0.2, 0.25) is 5.95 Å². The Morgan fingerprint density at radius 3 is 2.61 bits per heavy atom. The van der Waals surface area contributed by atoms with Crippen molar-refractivity contribution in [2.24, 2.45) is 13.0 Å². The maximum atomic E-state index is 12.6. The lowest BCUT2D eigenvalue weighted by atomic mass is 9.97. The van der Waals surface area contributed by atoms with Crippen molar-refractivity contribution in [3.05, 3.63) is 56.6 Å². The van der Waals surface area contributed by atoms with Crippen molar-refractivity contribution in [2.75, 3.05) is 18.0 Å². The van der Waals surface area contributed by atoms with Gasteiger partial charge in [0.25, 0.3) is 11.1 Å². The van der Waals surface area contributed by atoms with Gasteiger partial charge in [0.1, 0.15) is 0 Å². The number of anilines is 1. The van der Waals surface area contributed by atoms with Gasteiger partial charge < -0.3 is 4.90 Å². The molecule has 3 aromatic rings. The molecule has 1 aliphatic heterocycles. The summed E-state index contributed by atoms with van der Waals surface area (Å²) in [5.41, 5.74) is 1.94. The summed E-state index contributed by atoms with van der Waals surface area (Å²) in [6.45, 7) is 5.93. The van der Waals surface area contributed by atoms with E-state index in [1.807, 2.05) is 13.8 Å². The number of nitrogens with zero attached hydrogens (tertiary/aromatic N) is 6. The minimum atomic E-state index is -0.0806. The van der Waals surface area contributed by atoms with Gasteiger partial charge in [-0.2, -0.15) is 4.98 Å². The number of aryl methyl sites for hydroxylation is 1. The summed E-state index contributed by atoms with van der Waals surface area (Å²) in [7, 11) is 1.75. The molecule has 1 fully saturated rings. The van der Waals surface area contributed by atoms with Crippen LogP contribution < -0.4 is 16.0 Å². The van der Waals surface area contributed by atoms with Crippen molar-refractivity contribution in [1.82, 2.24) is 24.1 Å². The predicted octanol–water partition coefficient (Wildman–Crippen LogP) is 1.42. The Labute approximate surface area is 162 Å². The summed E-state index contributed by atoms with van der Waals surface area (Å²) >= 11 is 0. The van der Waals surface area contributed by atoms with E-state index in [1.54, 1.807) is 40.8 Å². The van der Waals surface area contributed by atoms with Gasteiger partial charge in [0.15, 0.2) is 5.65 Å². The van der Waals surface area contributed by atoms with Crippen molar-refractivity contribution in [1.29, 1.82) is 0 Å². The van der Waals surface area contributed by atoms with Crippen LogP contribution in [0.1, 0.15) is 24.1 Å². The molecule has 146 valence electrons. The maximum Gasteiger partial charge on any atom is 0.264 e. The molecule has 0 atom stereocenters. The fraction of sp³-hybridized carbons (Fsp3) is 0.450. The van der Waals surface area contributed by atoms with E-state index < -0.39 is 0 Å². The average molecular weight is 380 g/mol. The molecule has 0 radical (unpaired) electrons. The first-order valence-corrected chi connectivity index (χ1v) is 9.55. The van der Waals surface area contributed by atoms with E-state index in [1.165, 1.54) is 0 Å². The second-order valence-corrected chi connectivity index (χ2v) is 7.49. The van der Waals surface area contributed by atoms with Crippen molar-refractivity contribution < 1.29 is 0 Å². The number of fused-ring (bicyclic) bond motifs is 1. The zero-order chi connectivity index (χ0) is 19.8. The van der Waals surface area contributed by atoms with Crippen molar-refractivity contribution >= 4 is 17.0 Å². The molecule has 8 nitrogen and oxygen atoms in total. The number of aromatic nitrogens is 5. The molecular formula is C20H24N6O2. The Balaban J connectivity index is 1.51. The fourth-order valence-electron chi connectivity index (χ4n) is 3.78. The third-order valence-electron chi connectivity index (χ3n) is 5.70. The van der Waals surface area contributed by atoms with Crippen molar-refractivity contribution in [3.8, 4) is 0 Å². The highest BCUT2D eigenvalue weighted by Crippen LogP contribution is 2.23. The first-order chi connectivity index (χ1) is 13.5. The monoisotopic (exact) mass is 380 g/mol. The van der Waals surface area contributed by atoms with Crippen LogP contribution in [0.2, 0.25) is 0 Å². The number of hydrogen-bond acceptors (Lipinski definition) is 6. The van der Waals surface area contributed by atoms with Gasteiger partial charge in [-0.05, 0) is 44.7 Å². The van der Waals surface area contributed by atoms with E-state index >= 15 is 0 Å². The maximum absolute atomic E-state index is 12.6. The van der Waals surface area contributed by atoms with Crippen LogP contribution in [-0.4, -0.2) is 37.2 Å². The smallest absolute Gasteiger partial charge is 0.264 e. The molecule has 0 aromatic carbocycles. The van der Waals surface area contributed by atoms with Gasteiger partial charge in [-0.15, -0.1) is 0 Å². The third kappa shape index (κ3) is 3.19. The van der Waals surface area contributed by atoms with Gasteiger partial charge in [-0.3, -0.25) is 18.7 Å². The lowest BCUT2D eigenvalue weighted by Crippen LogP contribution is -2.40. The van der Waals surface area contributed by atoms with E-state index in [-0.39, 0.29) is 11.1 Å². The van der Waals surface area contributed by atoms with Crippen molar-refractivity contribution in [2.45, 2.75) is 33.2 Å². The highest BCUT2D eigenvalue weighted by Gasteiger charge is 2.23. The second-order valence-electron chi connectivity index (χ2n) is 7.49. The molecule has 0 spiro atoms. The molecule has 4 rings (SSSR count). The van der Waals surface area contributed by atoms with Crippen LogP contribution in [0.4, 0.5) is 5.95 Å². The minimum Gasteiger partial charge on any atom is -0.342 e. The SMILES string of the molecule is Cc1ncn(CC2CCN(c3nc4ncccc4c(=O)n3C)CC2)c(=O)c1C. The molecule has 4 heterocycles. The average Bonchev–Trinajstić information content (AvgIpc) is 2.72. The molecule has 28 heavy (non-hydrogen) atoms. The van der Waals surface area contributed by atoms with Gasteiger partial charge in [-0.25, -0.2) is 9.97 Å². The molecular weight excluding hydrogens is 356 g/mol. The largest absolute Gasteiger partial charge is 0.342 e. The zero-order valence-electron chi connectivity index (χ0n) is 16.4. The highest BCUT2D eigenvalue weighted by molar-refractivity contribution is 5.74. The van der Waals surface area contributed by atoms with Crippen LogP contribution >= 0.6 is 0 Å². The zero-order valence-corrected chi connectivity index (χ0v) is 16.4. The standard InChI is InChI=1S/C20H24N6O2/c1-13-14(2)22-12-26(18(13)27)11-15-6-9-25(10-7-15)20-23-17-16(5-4-8-21-17)19(28)24(20)3/h4-5,8,12,15H,6-7,9-11H2,1-3H3. The lowest BCUT2D eigenvalue weighted by molar-refractivity contribution is 0.347. The number of piperidine rings is 1. The Kier molecular flexibility index (Phi) is 4.70. The van der Waals surface area contributed by atoms with Gasteiger partial charge in [0.05, 0.1) is 11.7 Å². The quantitative estimate of drug-likeness (QED) is 0.683. The van der Waals surface area contributed by atoms with Crippen LogP contribution in [0.3, 0.4) is 0 Å². The Hall–Kier alpha value is -3.03. The number of hydrogen-bond donors (Lipinski definition) is 0. The van der Waals surface area contributed by atoms with E-state index in [9.17, 15) is 9.59 Å². The molecule has 0 N–H and O–H groups in total. The second kappa shape index (κ2) is 7.18. The lowest BCUT2D eigenvalue weighted by Gasteiger charge is -2.33. The van der Waals surface area contributed by atoms with Crippen LogP contribution in [-0.2, 0) is 13.6 Å². The van der Waals surface area contributed by atoms with E-state index in [4.69, 9.17) is 0 Å². The van der Waals surface area contributed by atoms with Gasteiger partial charge in [-0.1, -0.05) is 0 Å². The summed E-state index contributed by atoms with van der Waals surface area (Å²) in [5, 5.41) is 0.533. The van der Waals surface area contributed by atoms with Crippen LogP contribution in [0.15, 0.2) is 34.2 Å². The summed E-state index contributed by atoms with van der Waals surface area (Å²) in [6.07, 6.45) is 5.16. The molecule has 0 aliphatic carbocycles. The number of rotatable bonds is 3. The third-order valence-corrected chi connectivity index (χ3v) is 5.70. The summed E-state index contributed by atoms with van der Waals surface area (Å²) < 4.78 is 3.32. The predicted molar refractivity (Wildman–Crippen MR) is 108 cm³/mol. The van der Waals surface area contributed by atoms with E-state index in [0.29, 0.717) is 35.0 Å². The molecule has 0 amide bonds. The summed E-state index contributed by atoms with van der Waals surface area (Å²) in [4.78, 5) is 40.3. The number of pyridine rings is 1. The fourth-order valence-corrected chi connectivity index (χ4v) is 3.78. The first kappa shape index (κ1) is 18.3. The van der Waals surface area contributed by atoms with Crippen LogP contribution in [0.25, 0.3) is 11.0 Å². The minimum absolute atomic E-state index is 0.0413. The molecule has 1 aliphatic rings. The molecule has 0 bridgehead atoms. The molecule has 3 aromatic heterocycles. The van der Waals surface area contributed by atoms with E-state index in [2.05, 4.69) is 19.9 Å². The Bertz CT molecular complexity index is 1140. The Morgan fingerprint density at radius 1 is 1.11 bits per heavy atom. The normalized spacial score (nSPS) is 15.3. The van der Waals surface area contributed by atoms with Crippen LogP contribution in [0.5, 0.6) is 0 Å². The molecule has 1 saturated heterocycles. The van der Waals surface area contributed by atoms with Crippen molar-refractivity contribution in [3.63, 3.8) is 0 Å². The molecule has 8 heteroatoms. The van der Waals surface area contributed by atoms with Gasteiger partial charge in [0, 0.05) is 44.1 Å². The topological polar surface area (TPSA) is 85.9 Å². The van der Waals surface area contributed by atoms with Crippen LogP contribution in [0, 0.1) is 19.8 Å². The first-order valence-electron chi connectivity index (χ1n) is 9.55. The van der Waals surface area contributed by atoms with Gasteiger partial charge >= 0.3 is 0 Å². The van der Waals surface area contributed by atoms with E-state index in [0.717, 1.165) is 31.6 Å².